The number of carbonyl (C=O) groups excluding carboxylic acids is 2. The molecule has 1 aromatic carbocycles. The Bertz CT molecular complexity index is 510. The third-order valence-corrected chi connectivity index (χ3v) is 4.41. The van der Waals surface area contributed by atoms with Crippen LogP contribution in [0.3, 0.4) is 0 Å². The molecular weight excluding hydrogens is 266 g/mol. The summed E-state index contributed by atoms with van der Waals surface area (Å²) in [6.07, 6.45) is 3.54. The Morgan fingerprint density at radius 1 is 1.24 bits per heavy atom. The highest BCUT2D eigenvalue weighted by Crippen LogP contribution is 2.28. The van der Waals surface area contributed by atoms with Crippen molar-refractivity contribution < 1.29 is 14.3 Å². The van der Waals surface area contributed by atoms with Gasteiger partial charge < -0.3 is 9.64 Å². The molecule has 0 N–H and O–H groups in total. The maximum Gasteiger partial charge on any atom is 0.308 e. The largest absolute Gasteiger partial charge is 0.465 e. The lowest BCUT2D eigenvalue weighted by Gasteiger charge is -2.24. The number of esters is 1. The van der Waals surface area contributed by atoms with Crippen LogP contribution in [0.5, 0.6) is 0 Å². The van der Waals surface area contributed by atoms with Gasteiger partial charge in [0.1, 0.15) is 0 Å². The number of nitrogens with zero attached hydrogens (tertiary/aromatic N) is 1. The monoisotopic (exact) mass is 287 g/mol. The highest BCUT2D eigenvalue weighted by molar-refractivity contribution is 5.79. The minimum absolute atomic E-state index is 0.0739. The topological polar surface area (TPSA) is 46.6 Å². The molecule has 0 aromatic heterocycles. The third kappa shape index (κ3) is 3.43. The van der Waals surface area contributed by atoms with E-state index in [1.807, 2.05) is 35.2 Å². The van der Waals surface area contributed by atoms with Gasteiger partial charge in [-0.1, -0.05) is 36.8 Å². The first-order chi connectivity index (χ1) is 10.2. The normalized spacial score (nSPS) is 22.2. The Hall–Kier alpha value is -1.84. The number of likely N-dealkylation sites (tertiary alicyclic amines) is 1. The first kappa shape index (κ1) is 14.1. The van der Waals surface area contributed by atoms with Crippen molar-refractivity contribution in [1.29, 1.82) is 0 Å². The van der Waals surface area contributed by atoms with Crippen LogP contribution in [0.25, 0.3) is 0 Å². The number of carbonyl (C=O) groups is 2. The van der Waals surface area contributed by atoms with Gasteiger partial charge >= 0.3 is 5.97 Å². The van der Waals surface area contributed by atoms with Crippen LogP contribution in [0.4, 0.5) is 0 Å². The van der Waals surface area contributed by atoms with Crippen molar-refractivity contribution in [3.05, 3.63) is 35.9 Å². The van der Waals surface area contributed by atoms with Gasteiger partial charge in [-0.25, -0.2) is 0 Å². The van der Waals surface area contributed by atoms with Crippen molar-refractivity contribution in [3.63, 3.8) is 0 Å². The molecule has 4 heteroatoms. The fourth-order valence-electron chi connectivity index (χ4n) is 2.88. The number of benzene rings is 1. The van der Waals surface area contributed by atoms with Gasteiger partial charge in [0.05, 0.1) is 12.5 Å². The van der Waals surface area contributed by atoms with E-state index < -0.39 is 0 Å². The second kappa shape index (κ2) is 6.29. The zero-order valence-corrected chi connectivity index (χ0v) is 12.2. The van der Waals surface area contributed by atoms with Crippen LogP contribution in [0.15, 0.2) is 30.3 Å². The average Bonchev–Trinajstić information content (AvgIpc) is 2.76. The average molecular weight is 287 g/mol. The van der Waals surface area contributed by atoms with Gasteiger partial charge in [0.25, 0.3) is 0 Å². The van der Waals surface area contributed by atoms with Crippen LogP contribution in [-0.2, 0) is 20.9 Å². The minimum atomic E-state index is -0.0739. The summed E-state index contributed by atoms with van der Waals surface area (Å²) in [6.45, 7) is 1.71. The molecule has 1 saturated heterocycles. The molecule has 112 valence electrons. The van der Waals surface area contributed by atoms with E-state index in [0.29, 0.717) is 26.1 Å². The number of hydrogen-bond donors (Lipinski definition) is 0. The van der Waals surface area contributed by atoms with Crippen LogP contribution >= 0.6 is 0 Å². The summed E-state index contributed by atoms with van der Waals surface area (Å²) in [5.41, 5.74) is 1.14. The van der Waals surface area contributed by atoms with E-state index in [2.05, 4.69) is 0 Å². The van der Waals surface area contributed by atoms with E-state index in [1.165, 1.54) is 0 Å². The Labute approximate surface area is 125 Å². The lowest BCUT2D eigenvalue weighted by atomic mass is 9.86. The highest BCUT2D eigenvalue weighted by atomic mass is 16.5. The first-order valence-electron chi connectivity index (χ1n) is 7.70. The second-order valence-corrected chi connectivity index (χ2v) is 6.09. The molecule has 1 atom stereocenters. The smallest absolute Gasteiger partial charge is 0.308 e. The second-order valence-electron chi connectivity index (χ2n) is 6.09. The SMILES string of the molecule is O=C(OC[C@@H]1CC(=O)N(Cc2ccccc2)C1)C1CCC1. The first-order valence-corrected chi connectivity index (χ1v) is 7.70. The fourth-order valence-corrected chi connectivity index (χ4v) is 2.88. The maximum absolute atomic E-state index is 12.0. The molecule has 0 radical (unpaired) electrons. The molecule has 1 aliphatic carbocycles. The molecule has 1 amide bonds. The zero-order valence-electron chi connectivity index (χ0n) is 12.2. The van der Waals surface area contributed by atoms with E-state index >= 15 is 0 Å². The van der Waals surface area contributed by atoms with E-state index in [0.717, 1.165) is 24.8 Å². The van der Waals surface area contributed by atoms with Crippen LogP contribution < -0.4 is 0 Å². The zero-order chi connectivity index (χ0) is 14.7. The summed E-state index contributed by atoms with van der Waals surface area (Å²) < 4.78 is 5.36. The Morgan fingerprint density at radius 2 is 2.00 bits per heavy atom. The van der Waals surface area contributed by atoms with Crippen molar-refractivity contribution in [1.82, 2.24) is 4.90 Å². The van der Waals surface area contributed by atoms with Crippen LogP contribution in [0.1, 0.15) is 31.2 Å². The van der Waals surface area contributed by atoms with Gasteiger partial charge in [-0.3, -0.25) is 9.59 Å². The number of hydrogen-bond acceptors (Lipinski definition) is 3. The summed E-state index contributed by atoms with van der Waals surface area (Å²) in [4.78, 5) is 25.6. The van der Waals surface area contributed by atoms with Crippen molar-refractivity contribution in [3.8, 4) is 0 Å². The van der Waals surface area contributed by atoms with E-state index in [9.17, 15) is 9.59 Å². The molecule has 3 rings (SSSR count). The number of amides is 1. The van der Waals surface area contributed by atoms with Crippen LogP contribution in [-0.4, -0.2) is 29.9 Å². The Balaban J connectivity index is 1.46. The predicted octanol–water partition coefficient (Wildman–Crippen LogP) is 2.38. The van der Waals surface area contributed by atoms with E-state index in [-0.39, 0.29) is 23.7 Å². The summed E-state index contributed by atoms with van der Waals surface area (Å²) in [5, 5.41) is 0. The van der Waals surface area contributed by atoms with Crippen molar-refractivity contribution >= 4 is 11.9 Å². The fraction of sp³-hybridized carbons (Fsp3) is 0.529. The molecule has 1 saturated carbocycles. The molecule has 1 heterocycles. The van der Waals surface area contributed by atoms with Gasteiger partial charge in [-0.05, 0) is 18.4 Å². The third-order valence-electron chi connectivity index (χ3n) is 4.41. The lowest BCUT2D eigenvalue weighted by molar-refractivity contribution is -0.152. The molecule has 2 aliphatic rings. The molecule has 1 aromatic rings. The van der Waals surface area contributed by atoms with Crippen molar-refractivity contribution in [2.45, 2.75) is 32.2 Å². The highest BCUT2D eigenvalue weighted by Gasteiger charge is 2.32. The molecule has 2 fully saturated rings. The van der Waals surface area contributed by atoms with Crippen LogP contribution in [0.2, 0.25) is 0 Å². The summed E-state index contributed by atoms with van der Waals surface area (Å²) in [6, 6.07) is 9.98. The summed E-state index contributed by atoms with van der Waals surface area (Å²) in [7, 11) is 0. The summed E-state index contributed by atoms with van der Waals surface area (Å²) >= 11 is 0. The molecule has 0 unspecified atom stereocenters. The van der Waals surface area contributed by atoms with Gasteiger partial charge in [0, 0.05) is 25.4 Å². The Kier molecular flexibility index (Phi) is 4.23. The standard InChI is InChI=1S/C17H21NO3/c19-16-9-14(12-21-17(20)15-7-4-8-15)11-18(16)10-13-5-2-1-3-6-13/h1-3,5-6,14-15H,4,7-12H2/t14-/m1/s1. The van der Waals surface area contributed by atoms with E-state index in [4.69, 9.17) is 4.74 Å². The number of rotatable bonds is 5. The van der Waals surface area contributed by atoms with Gasteiger partial charge in [0.2, 0.25) is 5.91 Å². The maximum atomic E-state index is 12.0. The van der Waals surface area contributed by atoms with E-state index in [1.54, 1.807) is 0 Å². The van der Waals surface area contributed by atoms with Gasteiger partial charge in [0.15, 0.2) is 0 Å². The molecule has 0 bridgehead atoms. The quantitative estimate of drug-likeness (QED) is 0.781. The molecule has 0 spiro atoms. The number of ether oxygens (including phenoxy) is 1. The van der Waals surface area contributed by atoms with Crippen molar-refractivity contribution in [2.24, 2.45) is 11.8 Å². The predicted molar refractivity (Wildman–Crippen MR) is 78.3 cm³/mol. The van der Waals surface area contributed by atoms with Crippen LogP contribution in [0, 0.1) is 11.8 Å². The van der Waals surface area contributed by atoms with Gasteiger partial charge in [-0.15, -0.1) is 0 Å². The molecule has 4 nitrogen and oxygen atoms in total. The molecular formula is C17H21NO3. The molecule has 1 aliphatic heterocycles. The lowest BCUT2D eigenvalue weighted by Crippen LogP contribution is -2.27. The molecule has 21 heavy (non-hydrogen) atoms. The minimum Gasteiger partial charge on any atom is -0.465 e. The Morgan fingerprint density at radius 3 is 2.67 bits per heavy atom. The van der Waals surface area contributed by atoms with Gasteiger partial charge in [-0.2, -0.15) is 0 Å². The summed E-state index contributed by atoms with van der Waals surface area (Å²) in [5.74, 6) is 0.339. The van der Waals surface area contributed by atoms with Crippen molar-refractivity contribution in [2.75, 3.05) is 13.2 Å².